The first-order chi connectivity index (χ1) is 10.5. The fourth-order valence-corrected chi connectivity index (χ4v) is 3.24. The van der Waals surface area contributed by atoms with Gasteiger partial charge in [-0.05, 0) is 63.2 Å². The molecule has 0 amide bonds. The zero-order valence-corrected chi connectivity index (χ0v) is 14.8. The molecule has 22 heavy (non-hydrogen) atoms. The molecule has 0 radical (unpaired) electrons. The second-order valence-electron chi connectivity index (χ2n) is 7.42. The topological polar surface area (TPSA) is 9.23 Å². The van der Waals surface area contributed by atoms with Crippen LogP contribution in [0.25, 0.3) is 5.57 Å². The Morgan fingerprint density at radius 3 is 2.45 bits per heavy atom. The highest BCUT2D eigenvalue weighted by Gasteiger charge is 2.20. The fourth-order valence-electron chi connectivity index (χ4n) is 3.24. The van der Waals surface area contributed by atoms with Crippen molar-refractivity contribution in [2.45, 2.75) is 77.7 Å². The molecule has 0 heterocycles. The molecule has 1 aromatic rings. The van der Waals surface area contributed by atoms with E-state index in [2.05, 4.69) is 58.0 Å². The molecule has 1 aliphatic carbocycles. The number of allylic oxidation sites excluding steroid dienone is 2. The summed E-state index contributed by atoms with van der Waals surface area (Å²) in [7, 11) is 0. The van der Waals surface area contributed by atoms with Crippen molar-refractivity contribution in [1.82, 2.24) is 0 Å². The molecule has 0 fully saturated rings. The van der Waals surface area contributed by atoms with Crippen molar-refractivity contribution < 1.29 is 4.74 Å². The highest BCUT2D eigenvalue weighted by molar-refractivity contribution is 5.74. The summed E-state index contributed by atoms with van der Waals surface area (Å²) in [5.74, 6) is 0.645. The van der Waals surface area contributed by atoms with E-state index in [1.54, 1.807) is 11.1 Å². The van der Waals surface area contributed by atoms with E-state index >= 15 is 0 Å². The average Bonchev–Trinajstić information content (AvgIpc) is 2.83. The van der Waals surface area contributed by atoms with Crippen LogP contribution >= 0.6 is 0 Å². The minimum absolute atomic E-state index is 0.00747. The molecule has 1 aromatic carbocycles. The highest BCUT2D eigenvalue weighted by Crippen LogP contribution is 2.39. The number of rotatable bonds is 8. The second kappa shape index (κ2) is 7.97. The Morgan fingerprint density at radius 2 is 1.73 bits per heavy atom. The smallest absolute Gasteiger partial charge is 0.0598 e. The lowest BCUT2D eigenvalue weighted by molar-refractivity contribution is -0.00472. The number of benzene rings is 1. The zero-order valence-electron chi connectivity index (χ0n) is 14.8. The third kappa shape index (κ3) is 4.98. The normalized spacial score (nSPS) is 17.5. The predicted molar refractivity (Wildman–Crippen MR) is 96.2 cm³/mol. The minimum Gasteiger partial charge on any atom is -0.376 e. The summed E-state index contributed by atoms with van der Waals surface area (Å²) in [4.78, 5) is 0. The van der Waals surface area contributed by atoms with E-state index in [0.29, 0.717) is 5.92 Å². The Hall–Kier alpha value is -1.08. The Kier molecular flexibility index (Phi) is 6.26. The molecule has 1 heteroatoms. The fraction of sp³-hybridized carbons (Fsp3) is 0.619. The Bertz CT molecular complexity index is 493. The Morgan fingerprint density at radius 1 is 1.00 bits per heavy atom. The lowest BCUT2D eigenvalue weighted by Crippen LogP contribution is -2.19. The van der Waals surface area contributed by atoms with Crippen molar-refractivity contribution in [3.05, 3.63) is 41.5 Å². The summed E-state index contributed by atoms with van der Waals surface area (Å²) in [6.45, 7) is 9.56. The third-order valence-corrected chi connectivity index (χ3v) is 4.42. The molecule has 1 aliphatic rings. The van der Waals surface area contributed by atoms with Crippen molar-refractivity contribution in [3.63, 3.8) is 0 Å². The van der Waals surface area contributed by atoms with Gasteiger partial charge in [0.1, 0.15) is 0 Å². The van der Waals surface area contributed by atoms with Crippen molar-refractivity contribution in [2.24, 2.45) is 0 Å². The number of hydrogen-bond donors (Lipinski definition) is 0. The van der Waals surface area contributed by atoms with Gasteiger partial charge in [0.15, 0.2) is 0 Å². The van der Waals surface area contributed by atoms with Gasteiger partial charge in [0, 0.05) is 12.5 Å². The van der Waals surface area contributed by atoms with Gasteiger partial charge in [-0.1, -0.05) is 50.1 Å². The maximum Gasteiger partial charge on any atom is 0.0598 e. The number of ether oxygens (including phenoxy) is 1. The third-order valence-electron chi connectivity index (χ3n) is 4.42. The molecule has 0 N–H and O–H groups in total. The molecule has 0 bridgehead atoms. The molecule has 1 nitrogen and oxygen atoms in total. The maximum atomic E-state index is 5.77. The summed E-state index contributed by atoms with van der Waals surface area (Å²) in [5.41, 5.74) is 4.63. The molecular weight excluding hydrogens is 268 g/mol. The van der Waals surface area contributed by atoms with Crippen LogP contribution in [0.5, 0.6) is 0 Å². The van der Waals surface area contributed by atoms with Crippen LogP contribution in [0.3, 0.4) is 0 Å². The van der Waals surface area contributed by atoms with Gasteiger partial charge in [0.25, 0.3) is 0 Å². The van der Waals surface area contributed by atoms with E-state index in [9.17, 15) is 0 Å². The summed E-state index contributed by atoms with van der Waals surface area (Å²) in [5, 5.41) is 0. The monoisotopic (exact) mass is 300 g/mol. The summed E-state index contributed by atoms with van der Waals surface area (Å²) in [6, 6.07) is 8.95. The van der Waals surface area contributed by atoms with Gasteiger partial charge in [-0.3, -0.25) is 0 Å². The van der Waals surface area contributed by atoms with Gasteiger partial charge in [-0.25, -0.2) is 0 Å². The molecule has 122 valence electrons. The Labute approximate surface area is 136 Å². The second-order valence-corrected chi connectivity index (χ2v) is 7.42. The van der Waals surface area contributed by atoms with E-state index in [-0.39, 0.29) is 5.60 Å². The largest absolute Gasteiger partial charge is 0.376 e. The molecule has 1 atom stereocenters. The van der Waals surface area contributed by atoms with Crippen LogP contribution in [0.2, 0.25) is 0 Å². The van der Waals surface area contributed by atoms with E-state index in [1.807, 2.05) is 0 Å². The van der Waals surface area contributed by atoms with Gasteiger partial charge >= 0.3 is 0 Å². The van der Waals surface area contributed by atoms with Crippen molar-refractivity contribution >= 4 is 5.57 Å². The average molecular weight is 300 g/mol. The first-order valence-electron chi connectivity index (χ1n) is 8.95. The van der Waals surface area contributed by atoms with Crippen molar-refractivity contribution in [1.29, 1.82) is 0 Å². The molecule has 1 unspecified atom stereocenters. The van der Waals surface area contributed by atoms with Crippen molar-refractivity contribution in [3.8, 4) is 0 Å². The zero-order chi connectivity index (χ0) is 16.0. The highest BCUT2D eigenvalue weighted by atomic mass is 16.5. The molecule has 0 saturated carbocycles. The number of hydrogen-bond acceptors (Lipinski definition) is 1. The van der Waals surface area contributed by atoms with Crippen LogP contribution in [0.4, 0.5) is 0 Å². The van der Waals surface area contributed by atoms with Crippen molar-refractivity contribution in [2.75, 3.05) is 6.61 Å². The van der Waals surface area contributed by atoms with E-state index in [1.165, 1.54) is 44.1 Å². The van der Waals surface area contributed by atoms with E-state index in [0.717, 1.165) is 6.61 Å². The molecule has 0 saturated heterocycles. The molecule has 2 rings (SSSR count). The van der Waals surface area contributed by atoms with Crippen LogP contribution in [-0.4, -0.2) is 12.2 Å². The van der Waals surface area contributed by atoms with Gasteiger partial charge in [-0.2, -0.15) is 0 Å². The SMILES string of the molecule is CCC1C=C(CCCCCCOC(C)(C)C)c2ccccc21. The van der Waals surface area contributed by atoms with Crippen LogP contribution in [-0.2, 0) is 4.74 Å². The number of unbranched alkanes of at least 4 members (excludes halogenated alkanes) is 3. The standard InChI is InChI=1S/C21H32O/c1-5-17-16-18(20-14-10-9-13-19(17)20)12-8-6-7-11-15-22-21(2,3)4/h9-10,13-14,16-17H,5-8,11-12,15H2,1-4H3. The first kappa shape index (κ1) is 17.3. The number of fused-ring (bicyclic) bond motifs is 1. The van der Waals surface area contributed by atoms with Crippen LogP contribution in [0.15, 0.2) is 30.3 Å². The lowest BCUT2D eigenvalue weighted by atomic mass is 9.97. The molecule has 0 spiro atoms. The van der Waals surface area contributed by atoms with Crippen LogP contribution in [0.1, 0.15) is 83.3 Å². The summed E-state index contributed by atoms with van der Waals surface area (Å²) < 4.78 is 5.77. The maximum absolute atomic E-state index is 5.77. The molecular formula is C21H32O. The predicted octanol–water partition coefficient (Wildman–Crippen LogP) is 6.34. The van der Waals surface area contributed by atoms with Crippen LogP contribution < -0.4 is 0 Å². The molecule has 0 aliphatic heterocycles. The summed E-state index contributed by atoms with van der Waals surface area (Å²) >= 11 is 0. The summed E-state index contributed by atoms with van der Waals surface area (Å²) in [6.07, 6.45) is 10.0. The van der Waals surface area contributed by atoms with Gasteiger partial charge < -0.3 is 4.74 Å². The van der Waals surface area contributed by atoms with Gasteiger partial charge in [-0.15, -0.1) is 0 Å². The first-order valence-corrected chi connectivity index (χ1v) is 8.95. The van der Waals surface area contributed by atoms with Gasteiger partial charge in [0.2, 0.25) is 0 Å². The Balaban J connectivity index is 1.70. The van der Waals surface area contributed by atoms with E-state index in [4.69, 9.17) is 4.74 Å². The van der Waals surface area contributed by atoms with Crippen LogP contribution in [0, 0.1) is 0 Å². The quantitative estimate of drug-likeness (QED) is 0.509. The van der Waals surface area contributed by atoms with E-state index < -0.39 is 0 Å². The lowest BCUT2D eigenvalue weighted by Gasteiger charge is -2.19. The molecule has 0 aromatic heterocycles. The minimum atomic E-state index is 0.00747. The van der Waals surface area contributed by atoms with Gasteiger partial charge in [0.05, 0.1) is 5.60 Å².